The third kappa shape index (κ3) is 6.66. The summed E-state index contributed by atoms with van der Waals surface area (Å²) in [7, 11) is 1.68. The molecule has 216 valence electrons. The number of hydrogen-bond donors (Lipinski definition) is 2. The molecule has 1 saturated heterocycles. The van der Waals surface area contributed by atoms with Crippen LogP contribution in [-0.2, 0) is 4.74 Å². The van der Waals surface area contributed by atoms with Gasteiger partial charge in [-0.05, 0) is 61.9 Å². The van der Waals surface area contributed by atoms with E-state index in [1.807, 2.05) is 37.3 Å². The first-order valence-electron chi connectivity index (χ1n) is 13.9. The zero-order valence-electron chi connectivity index (χ0n) is 23.5. The lowest BCUT2D eigenvalue weighted by molar-refractivity contribution is 0.0943. The standard InChI is InChI=1S/C31H36N4O6/c1-3-39-18-6-13-32-31(37)24-20-23(33-30(36)22-9-12-28-29(19-22)41-21-40-28)10-11-25(24)34-14-16-35(17-15-34)26-7-4-5-8-27(26)38-2/h4-5,7-12,19-20H,3,6,13-18,21H2,1-2H3,(H,32,37)(H,33,36). The molecule has 10 heteroatoms. The van der Waals surface area contributed by atoms with E-state index in [1.54, 1.807) is 31.4 Å². The number of hydrogen-bond acceptors (Lipinski definition) is 8. The lowest BCUT2D eigenvalue weighted by Crippen LogP contribution is -2.47. The largest absolute Gasteiger partial charge is 0.495 e. The van der Waals surface area contributed by atoms with E-state index in [0.717, 1.165) is 43.3 Å². The van der Waals surface area contributed by atoms with Crippen molar-refractivity contribution in [2.75, 3.05) is 75.0 Å². The van der Waals surface area contributed by atoms with Crippen LogP contribution < -0.4 is 34.6 Å². The molecule has 1 fully saturated rings. The first-order valence-corrected chi connectivity index (χ1v) is 13.9. The average Bonchev–Trinajstić information content (AvgIpc) is 3.49. The Labute approximate surface area is 240 Å². The van der Waals surface area contributed by atoms with E-state index in [0.29, 0.717) is 54.5 Å². The van der Waals surface area contributed by atoms with E-state index in [4.69, 9.17) is 18.9 Å². The van der Waals surface area contributed by atoms with Crippen LogP contribution in [0.1, 0.15) is 34.1 Å². The van der Waals surface area contributed by atoms with Gasteiger partial charge in [0.25, 0.3) is 11.8 Å². The zero-order chi connectivity index (χ0) is 28.6. The van der Waals surface area contributed by atoms with Crippen LogP contribution >= 0.6 is 0 Å². The number of methoxy groups -OCH3 is 1. The molecule has 2 aliphatic heterocycles. The van der Waals surface area contributed by atoms with E-state index in [-0.39, 0.29) is 18.6 Å². The number of nitrogens with zero attached hydrogens (tertiary/aromatic N) is 2. The van der Waals surface area contributed by atoms with E-state index in [1.165, 1.54) is 0 Å². The highest BCUT2D eigenvalue weighted by Crippen LogP contribution is 2.33. The van der Waals surface area contributed by atoms with E-state index < -0.39 is 0 Å². The Morgan fingerprint density at radius 2 is 1.63 bits per heavy atom. The third-order valence-electron chi connectivity index (χ3n) is 7.14. The summed E-state index contributed by atoms with van der Waals surface area (Å²) in [5.41, 5.74) is 3.36. The van der Waals surface area contributed by atoms with E-state index in [2.05, 4.69) is 26.5 Å². The number of nitrogens with one attached hydrogen (secondary N) is 2. The van der Waals surface area contributed by atoms with E-state index in [9.17, 15) is 9.59 Å². The fourth-order valence-corrected chi connectivity index (χ4v) is 5.01. The molecular weight excluding hydrogens is 524 g/mol. The van der Waals surface area contributed by atoms with Crippen LogP contribution in [0.15, 0.2) is 60.7 Å². The molecule has 41 heavy (non-hydrogen) atoms. The van der Waals surface area contributed by atoms with Gasteiger partial charge >= 0.3 is 0 Å². The maximum atomic E-state index is 13.4. The van der Waals surface area contributed by atoms with Gasteiger partial charge < -0.3 is 39.4 Å². The lowest BCUT2D eigenvalue weighted by Gasteiger charge is -2.38. The molecule has 10 nitrogen and oxygen atoms in total. The van der Waals surface area contributed by atoms with Gasteiger partial charge in [0.1, 0.15) is 5.75 Å². The van der Waals surface area contributed by atoms with Gasteiger partial charge in [-0.15, -0.1) is 0 Å². The van der Waals surface area contributed by atoms with Crippen LogP contribution in [0.3, 0.4) is 0 Å². The minimum absolute atomic E-state index is 0.137. The monoisotopic (exact) mass is 560 g/mol. The van der Waals surface area contributed by atoms with Crippen molar-refractivity contribution in [2.24, 2.45) is 0 Å². The van der Waals surface area contributed by atoms with Gasteiger partial charge in [-0.3, -0.25) is 9.59 Å². The Kier molecular flexibility index (Phi) is 9.10. The molecule has 2 N–H and O–H groups in total. The van der Waals surface area contributed by atoms with Crippen molar-refractivity contribution >= 4 is 28.9 Å². The van der Waals surface area contributed by atoms with Crippen molar-refractivity contribution < 1.29 is 28.5 Å². The zero-order valence-corrected chi connectivity index (χ0v) is 23.5. The van der Waals surface area contributed by atoms with Crippen molar-refractivity contribution in [2.45, 2.75) is 13.3 Å². The maximum Gasteiger partial charge on any atom is 0.255 e. The number of benzene rings is 3. The van der Waals surface area contributed by atoms with Gasteiger partial charge in [-0.25, -0.2) is 0 Å². The Bertz CT molecular complexity index is 1370. The molecule has 3 aromatic carbocycles. The van der Waals surface area contributed by atoms with Crippen molar-refractivity contribution in [1.29, 1.82) is 0 Å². The number of rotatable bonds is 11. The normalized spacial score (nSPS) is 14.1. The molecule has 0 aromatic heterocycles. The summed E-state index contributed by atoms with van der Waals surface area (Å²) in [6.45, 7) is 6.81. The molecule has 0 atom stereocenters. The van der Waals surface area contributed by atoms with Gasteiger partial charge in [0.05, 0.1) is 18.4 Å². The second-order valence-corrected chi connectivity index (χ2v) is 9.71. The summed E-state index contributed by atoms with van der Waals surface area (Å²) in [6.07, 6.45) is 0.715. The van der Waals surface area contributed by atoms with Crippen LogP contribution in [0.2, 0.25) is 0 Å². The summed E-state index contributed by atoms with van der Waals surface area (Å²) < 4.78 is 21.7. The highest BCUT2D eigenvalue weighted by Gasteiger charge is 2.24. The number of para-hydroxylation sites is 2. The number of ether oxygens (including phenoxy) is 4. The second kappa shape index (κ2) is 13.3. The van der Waals surface area contributed by atoms with Crippen LogP contribution in [0.5, 0.6) is 17.2 Å². The summed E-state index contributed by atoms with van der Waals surface area (Å²) in [5.74, 6) is 1.50. The van der Waals surface area contributed by atoms with Crippen molar-refractivity contribution in [3.05, 3.63) is 71.8 Å². The van der Waals surface area contributed by atoms with Crippen molar-refractivity contribution in [3.8, 4) is 17.2 Å². The predicted molar refractivity (Wildman–Crippen MR) is 158 cm³/mol. The maximum absolute atomic E-state index is 13.4. The number of fused-ring (bicyclic) bond motifs is 1. The van der Waals surface area contributed by atoms with Crippen LogP contribution in [0, 0.1) is 0 Å². The molecule has 2 amide bonds. The van der Waals surface area contributed by atoms with Crippen LogP contribution in [-0.4, -0.2) is 71.7 Å². The number of carbonyl (C=O) groups excluding carboxylic acids is 2. The van der Waals surface area contributed by atoms with Gasteiger partial charge in [0.15, 0.2) is 11.5 Å². The molecule has 0 radical (unpaired) electrons. The lowest BCUT2D eigenvalue weighted by atomic mass is 10.1. The number of amides is 2. The molecule has 0 saturated carbocycles. The number of piperazine rings is 1. The minimum atomic E-state index is -0.301. The number of carbonyl (C=O) groups is 2. The van der Waals surface area contributed by atoms with Crippen LogP contribution in [0.25, 0.3) is 0 Å². The van der Waals surface area contributed by atoms with Gasteiger partial charge in [0, 0.05) is 62.9 Å². The summed E-state index contributed by atoms with van der Waals surface area (Å²) in [5, 5.41) is 5.94. The Balaban J connectivity index is 1.32. The Hall–Kier alpha value is -4.44. The smallest absolute Gasteiger partial charge is 0.255 e. The predicted octanol–water partition coefficient (Wildman–Crippen LogP) is 4.16. The fraction of sp³-hybridized carbons (Fsp3) is 0.355. The summed E-state index contributed by atoms with van der Waals surface area (Å²) >= 11 is 0. The molecule has 5 rings (SSSR count). The van der Waals surface area contributed by atoms with E-state index >= 15 is 0 Å². The molecule has 0 unspecified atom stereocenters. The van der Waals surface area contributed by atoms with Gasteiger partial charge in [-0.1, -0.05) is 12.1 Å². The highest BCUT2D eigenvalue weighted by molar-refractivity contribution is 6.06. The van der Waals surface area contributed by atoms with Gasteiger partial charge in [0.2, 0.25) is 6.79 Å². The molecule has 2 heterocycles. The number of anilines is 3. The SMILES string of the molecule is CCOCCCNC(=O)c1cc(NC(=O)c2ccc3c(c2)OCO3)ccc1N1CCN(c2ccccc2OC)CC1. The topological polar surface area (TPSA) is 102 Å². The second-order valence-electron chi connectivity index (χ2n) is 9.71. The molecule has 0 aliphatic carbocycles. The quantitative estimate of drug-likeness (QED) is 0.337. The van der Waals surface area contributed by atoms with Crippen molar-refractivity contribution in [3.63, 3.8) is 0 Å². The molecular formula is C31H36N4O6. The first kappa shape index (κ1) is 28.1. The molecule has 3 aromatic rings. The third-order valence-corrected chi connectivity index (χ3v) is 7.14. The molecule has 0 bridgehead atoms. The minimum Gasteiger partial charge on any atom is -0.495 e. The summed E-state index contributed by atoms with van der Waals surface area (Å²) in [6, 6.07) is 18.5. The average molecular weight is 561 g/mol. The Morgan fingerprint density at radius 3 is 2.41 bits per heavy atom. The Morgan fingerprint density at radius 1 is 0.878 bits per heavy atom. The van der Waals surface area contributed by atoms with Gasteiger partial charge in [-0.2, -0.15) is 0 Å². The fourth-order valence-electron chi connectivity index (χ4n) is 5.01. The van der Waals surface area contributed by atoms with Crippen molar-refractivity contribution in [1.82, 2.24) is 5.32 Å². The molecule has 0 spiro atoms. The summed E-state index contributed by atoms with van der Waals surface area (Å²) in [4.78, 5) is 30.9. The van der Waals surface area contributed by atoms with Crippen LogP contribution in [0.4, 0.5) is 17.1 Å². The first-order chi connectivity index (χ1) is 20.1. The molecule has 2 aliphatic rings. The highest BCUT2D eigenvalue weighted by atomic mass is 16.7.